The van der Waals surface area contributed by atoms with Crippen LogP contribution in [-0.4, -0.2) is 44.2 Å². The van der Waals surface area contributed by atoms with Crippen LogP contribution in [0.5, 0.6) is 5.75 Å². The lowest BCUT2D eigenvalue weighted by molar-refractivity contribution is -0.133. The lowest BCUT2D eigenvalue weighted by Gasteiger charge is -2.30. The first-order chi connectivity index (χ1) is 11.7. The summed E-state index contributed by atoms with van der Waals surface area (Å²) in [5.41, 5.74) is 1.13. The first-order valence-corrected chi connectivity index (χ1v) is 8.41. The van der Waals surface area contributed by atoms with Crippen molar-refractivity contribution in [2.75, 3.05) is 27.3 Å². The minimum absolute atomic E-state index is 0.0640. The summed E-state index contributed by atoms with van der Waals surface area (Å²) in [6.07, 6.45) is 4.00. The van der Waals surface area contributed by atoms with Crippen LogP contribution < -0.4 is 10.1 Å². The molecule has 6 nitrogen and oxygen atoms in total. The highest BCUT2D eigenvalue weighted by atomic mass is 16.5. The van der Waals surface area contributed by atoms with E-state index in [-0.39, 0.29) is 24.9 Å². The molecule has 1 atom stereocenters. The molecule has 1 aromatic carbocycles. The molecular weight excluding hydrogens is 308 g/mol. The molecule has 0 unspecified atom stereocenters. The van der Waals surface area contributed by atoms with Gasteiger partial charge in [0.1, 0.15) is 5.75 Å². The standard InChI is InChI=1S/C18H26N2O4/c1-23-15-9-7-14(8-10-15)16-6-4-3-5-13-20(16)17(21)11-12-19-18(22)24-2/h7-10,16H,3-6,11-13H2,1-2H3,(H,19,22)/t16-/m0/s1. The maximum absolute atomic E-state index is 12.6. The maximum Gasteiger partial charge on any atom is 0.406 e. The van der Waals surface area contributed by atoms with E-state index in [1.165, 1.54) is 7.11 Å². The molecular formula is C18H26N2O4. The van der Waals surface area contributed by atoms with Gasteiger partial charge in [-0.15, -0.1) is 0 Å². The first-order valence-electron chi connectivity index (χ1n) is 8.41. The van der Waals surface area contributed by atoms with Gasteiger partial charge in [0, 0.05) is 19.5 Å². The average Bonchev–Trinajstić information content (AvgIpc) is 2.87. The minimum Gasteiger partial charge on any atom is -0.497 e. The fourth-order valence-corrected chi connectivity index (χ4v) is 3.07. The first kappa shape index (κ1) is 18.1. The zero-order valence-electron chi connectivity index (χ0n) is 14.4. The highest BCUT2D eigenvalue weighted by Gasteiger charge is 2.26. The Morgan fingerprint density at radius 3 is 2.58 bits per heavy atom. The number of nitrogens with one attached hydrogen (secondary N) is 1. The van der Waals surface area contributed by atoms with Crippen molar-refractivity contribution in [1.82, 2.24) is 10.2 Å². The van der Waals surface area contributed by atoms with E-state index in [1.807, 2.05) is 29.2 Å². The van der Waals surface area contributed by atoms with E-state index in [0.29, 0.717) is 0 Å². The van der Waals surface area contributed by atoms with Gasteiger partial charge in [0.25, 0.3) is 0 Å². The van der Waals surface area contributed by atoms with Gasteiger partial charge in [-0.05, 0) is 30.5 Å². The quantitative estimate of drug-likeness (QED) is 0.899. The second-order valence-electron chi connectivity index (χ2n) is 5.89. The molecule has 2 rings (SSSR count). The number of carbonyl (C=O) groups is 2. The molecule has 1 aliphatic rings. The number of benzene rings is 1. The van der Waals surface area contributed by atoms with E-state index in [0.717, 1.165) is 43.5 Å². The van der Waals surface area contributed by atoms with Gasteiger partial charge in [-0.3, -0.25) is 4.79 Å². The number of amides is 2. The van der Waals surface area contributed by atoms with Gasteiger partial charge in [0.05, 0.1) is 20.3 Å². The molecule has 1 aliphatic heterocycles. The number of ether oxygens (including phenoxy) is 2. The lowest BCUT2D eigenvalue weighted by atomic mass is 10.0. The predicted molar refractivity (Wildman–Crippen MR) is 90.9 cm³/mol. The van der Waals surface area contributed by atoms with Crippen molar-refractivity contribution in [2.45, 2.75) is 38.1 Å². The summed E-state index contributed by atoms with van der Waals surface area (Å²) in [7, 11) is 2.95. The molecule has 2 amide bonds. The van der Waals surface area contributed by atoms with E-state index < -0.39 is 6.09 Å². The minimum atomic E-state index is -0.509. The Morgan fingerprint density at radius 2 is 1.92 bits per heavy atom. The summed E-state index contributed by atoms with van der Waals surface area (Å²) in [4.78, 5) is 25.7. The molecule has 0 aromatic heterocycles. The number of likely N-dealkylation sites (tertiary alicyclic amines) is 1. The van der Waals surface area contributed by atoms with Crippen molar-refractivity contribution >= 4 is 12.0 Å². The van der Waals surface area contributed by atoms with Crippen molar-refractivity contribution in [2.24, 2.45) is 0 Å². The largest absolute Gasteiger partial charge is 0.497 e. The Morgan fingerprint density at radius 1 is 1.17 bits per heavy atom. The van der Waals surface area contributed by atoms with E-state index in [2.05, 4.69) is 10.1 Å². The van der Waals surface area contributed by atoms with Crippen LogP contribution >= 0.6 is 0 Å². The molecule has 0 spiro atoms. The van der Waals surface area contributed by atoms with Gasteiger partial charge >= 0.3 is 6.09 Å². The van der Waals surface area contributed by atoms with Crippen molar-refractivity contribution < 1.29 is 19.1 Å². The summed E-state index contributed by atoms with van der Waals surface area (Å²) in [5, 5.41) is 2.56. The molecule has 0 aliphatic carbocycles. The molecule has 6 heteroatoms. The van der Waals surface area contributed by atoms with Crippen LogP contribution in [0.4, 0.5) is 4.79 Å². The lowest BCUT2D eigenvalue weighted by Crippen LogP contribution is -2.37. The third-order valence-electron chi connectivity index (χ3n) is 4.37. The molecule has 24 heavy (non-hydrogen) atoms. The Hall–Kier alpha value is -2.24. The van der Waals surface area contributed by atoms with Gasteiger partial charge in [-0.1, -0.05) is 25.0 Å². The number of alkyl carbamates (subject to hydrolysis) is 1. The fourth-order valence-electron chi connectivity index (χ4n) is 3.07. The van der Waals surface area contributed by atoms with Crippen molar-refractivity contribution in [3.05, 3.63) is 29.8 Å². The third kappa shape index (κ3) is 4.88. The summed E-state index contributed by atoms with van der Waals surface area (Å²) < 4.78 is 9.73. The van der Waals surface area contributed by atoms with E-state index in [4.69, 9.17) is 4.74 Å². The van der Waals surface area contributed by atoms with E-state index in [9.17, 15) is 9.59 Å². The number of rotatable bonds is 5. The molecule has 0 bridgehead atoms. The Bertz CT molecular complexity index is 544. The van der Waals surface area contributed by atoms with Crippen LogP contribution in [-0.2, 0) is 9.53 Å². The van der Waals surface area contributed by atoms with Gasteiger partial charge in [0.2, 0.25) is 5.91 Å². The van der Waals surface area contributed by atoms with E-state index in [1.54, 1.807) is 7.11 Å². The molecule has 132 valence electrons. The van der Waals surface area contributed by atoms with Crippen molar-refractivity contribution in [1.29, 1.82) is 0 Å². The topological polar surface area (TPSA) is 67.9 Å². The number of hydrogen-bond acceptors (Lipinski definition) is 4. The smallest absolute Gasteiger partial charge is 0.406 e. The SMILES string of the molecule is COC(=O)NCCC(=O)N1CCCCC[C@H]1c1ccc(OC)cc1. The van der Waals surface area contributed by atoms with Crippen LogP contribution in [0, 0.1) is 0 Å². The number of nitrogens with zero attached hydrogens (tertiary/aromatic N) is 1. The number of carbonyl (C=O) groups excluding carboxylic acids is 2. The summed E-state index contributed by atoms with van der Waals surface area (Å²) >= 11 is 0. The highest BCUT2D eigenvalue weighted by Crippen LogP contribution is 2.31. The van der Waals surface area contributed by atoms with Crippen LogP contribution in [0.15, 0.2) is 24.3 Å². The van der Waals surface area contributed by atoms with Crippen molar-refractivity contribution in [3.63, 3.8) is 0 Å². The molecule has 1 fully saturated rings. The van der Waals surface area contributed by atoms with Gasteiger partial charge in [0.15, 0.2) is 0 Å². The van der Waals surface area contributed by atoms with Crippen LogP contribution in [0.3, 0.4) is 0 Å². The second kappa shape index (κ2) is 9.15. The molecule has 1 N–H and O–H groups in total. The normalized spacial score (nSPS) is 17.8. The zero-order chi connectivity index (χ0) is 17.4. The summed E-state index contributed by atoms with van der Waals surface area (Å²) in [6, 6.07) is 8.01. The molecule has 0 saturated carbocycles. The summed E-state index contributed by atoms with van der Waals surface area (Å²) in [5.74, 6) is 0.877. The fraction of sp³-hybridized carbons (Fsp3) is 0.556. The van der Waals surface area contributed by atoms with Gasteiger partial charge in [-0.2, -0.15) is 0 Å². The zero-order valence-corrected chi connectivity index (χ0v) is 14.4. The Balaban J connectivity index is 2.05. The monoisotopic (exact) mass is 334 g/mol. The van der Waals surface area contributed by atoms with Crippen LogP contribution in [0.2, 0.25) is 0 Å². The summed E-state index contributed by atoms with van der Waals surface area (Å²) in [6.45, 7) is 1.05. The van der Waals surface area contributed by atoms with Gasteiger partial charge in [-0.25, -0.2) is 4.79 Å². The molecule has 1 saturated heterocycles. The molecule has 1 aromatic rings. The van der Waals surface area contributed by atoms with Crippen LogP contribution in [0.25, 0.3) is 0 Å². The Kier molecular flexibility index (Phi) is 6.90. The number of hydrogen-bond donors (Lipinski definition) is 1. The van der Waals surface area contributed by atoms with Gasteiger partial charge < -0.3 is 19.7 Å². The van der Waals surface area contributed by atoms with E-state index >= 15 is 0 Å². The average molecular weight is 334 g/mol. The third-order valence-corrected chi connectivity index (χ3v) is 4.37. The number of methoxy groups -OCH3 is 2. The molecule has 0 radical (unpaired) electrons. The van der Waals surface area contributed by atoms with Crippen LogP contribution in [0.1, 0.15) is 43.7 Å². The predicted octanol–water partition coefficient (Wildman–Crippen LogP) is 2.89. The second-order valence-corrected chi connectivity index (χ2v) is 5.89. The highest BCUT2D eigenvalue weighted by molar-refractivity contribution is 5.77. The Labute approximate surface area is 143 Å². The van der Waals surface area contributed by atoms with Crippen molar-refractivity contribution in [3.8, 4) is 5.75 Å². The molecule has 1 heterocycles. The maximum atomic E-state index is 12.6.